The summed E-state index contributed by atoms with van der Waals surface area (Å²) in [6, 6.07) is 0.374. The smallest absolute Gasteiger partial charge is 0.299 e. The molecule has 0 spiro atoms. The van der Waals surface area contributed by atoms with Crippen LogP contribution < -0.4 is 14.2 Å². The summed E-state index contributed by atoms with van der Waals surface area (Å²) in [6.07, 6.45) is 0. The summed E-state index contributed by atoms with van der Waals surface area (Å²) in [5.74, 6) is 0.855. The highest BCUT2D eigenvalue weighted by Gasteiger charge is 2.10. The van der Waals surface area contributed by atoms with Gasteiger partial charge < -0.3 is 14.2 Å². The lowest BCUT2D eigenvalue weighted by molar-refractivity contribution is 0.340. The minimum Gasteiger partial charge on any atom is -0.478 e. The Hall–Kier alpha value is -1.39. The first-order valence-corrected chi connectivity index (χ1v) is 3.03. The van der Waals surface area contributed by atoms with Gasteiger partial charge in [0.25, 0.3) is 17.8 Å². The van der Waals surface area contributed by atoms with E-state index in [0.717, 1.165) is 0 Å². The molecule has 0 aliphatic heterocycles. The first-order valence-electron chi connectivity index (χ1n) is 3.03. The van der Waals surface area contributed by atoms with Crippen molar-refractivity contribution in [2.45, 2.75) is 0 Å². The zero-order valence-electron chi connectivity index (χ0n) is 6.67. The summed E-state index contributed by atoms with van der Waals surface area (Å²) in [5, 5.41) is 0. The van der Waals surface area contributed by atoms with Crippen LogP contribution in [0.3, 0.4) is 0 Å². The molecule has 0 aromatic carbocycles. The maximum atomic E-state index is 4.90. The molecule has 5 nitrogen and oxygen atoms in total. The van der Waals surface area contributed by atoms with E-state index in [0.29, 0.717) is 17.8 Å². The maximum Gasteiger partial charge on any atom is 0.299 e. The van der Waals surface area contributed by atoms with Gasteiger partial charge in [0.2, 0.25) is 0 Å². The van der Waals surface area contributed by atoms with Crippen LogP contribution in [0.15, 0.2) is 0 Å². The number of rotatable bonds is 3. The molecular formula is C6H10N2O3. The van der Waals surface area contributed by atoms with Gasteiger partial charge in [-0.25, -0.2) is 0 Å². The monoisotopic (exact) mass is 158 g/mol. The molecule has 11 heavy (non-hydrogen) atoms. The molecule has 0 saturated carbocycles. The largest absolute Gasteiger partial charge is 0.478 e. The Labute approximate surface area is 64.3 Å². The fourth-order valence-electron chi connectivity index (χ4n) is 0.695. The number of hydrogen-bond acceptors (Lipinski definition) is 4. The number of ether oxygens (including phenoxy) is 3. The molecule has 0 radical (unpaired) electrons. The lowest BCUT2D eigenvalue weighted by Gasteiger charge is -1.95. The van der Waals surface area contributed by atoms with Gasteiger partial charge in [-0.2, -0.15) is 4.98 Å². The van der Waals surface area contributed by atoms with Crippen LogP contribution in [0.25, 0.3) is 0 Å². The van der Waals surface area contributed by atoms with Gasteiger partial charge in [-0.05, 0) is 0 Å². The molecule has 0 aliphatic rings. The maximum absolute atomic E-state index is 4.90. The van der Waals surface area contributed by atoms with Crippen LogP contribution in [-0.2, 0) is 0 Å². The number of nitrogens with zero attached hydrogens (tertiary/aromatic N) is 1. The van der Waals surface area contributed by atoms with Crippen molar-refractivity contribution in [3.05, 3.63) is 0 Å². The Kier molecular flexibility index (Phi) is 2.20. The Morgan fingerprint density at radius 3 is 2.18 bits per heavy atom. The van der Waals surface area contributed by atoms with Crippen LogP contribution in [-0.4, -0.2) is 31.3 Å². The molecule has 1 N–H and O–H groups in total. The predicted molar refractivity (Wildman–Crippen MR) is 38.2 cm³/mol. The highest BCUT2D eigenvalue weighted by Crippen LogP contribution is 2.25. The van der Waals surface area contributed by atoms with Crippen molar-refractivity contribution >= 4 is 0 Å². The highest BCUT2D eigenvalue weighted by molar-refractivity contribution is 5.29. The van der Waals surface area contributed by atoms with E-state index in [4.69, 9.17) is 14.2 Å². The van der Waals surface area contributed by atoms with Gasteiger partial charge in [-0.1, -0.05) is 0 Å². The molecular weight excluding hydrogens is 148 g/mol. The number of aromatic amines is 1. The van der Waals surface area contributed by atoms with Gasteiger partial charge >= 0.3 is 0 Å². The Morgan fingerprint density at radius 2 is 1.82 bits per heavy atom. The summed E-state index contributed by atoms with van der Waals surface area (Å²) in [6.45, 7) is 0. The minimum absolute atomic E-state index is 0.374. The lowest BCUT2D eigenvalue weighted by Crippen LogP contribution is -1.87. The molecule has 1 aromatic rings. The molecule has 0 amide bonds. The zero-order valence-corrected chi connectivity index (χ0v) is 6.67. The molecule has 0 bridgehead atoms. The average molecular weight is 158 g/mol. The van der Waals surface area contributed by atoms with Crippen molar-refractivity contribution in [2.24, 2.45) is 0 Å². The SMILES string of the molecule is COc1nc(OC)c(OC)[nH]1. The van der Waals surface area contributed by atoms with Crippen LogP contribution in [0.1, 0.15) is 0 Å². The van der Waals surface area contributed by atoms with Crippen molar-refractivity contribution in [3.63, 3.8) is 0 Å². The quantitative estimate of drug-likeness (QED) is 0.693. The van der Waals surface area contributed by atoms with E-state index < -0.39 is 0 Å². The van der Waals surface area contributed by atoms with E-state index in [9.17, 15) is 0 Å². The van der Waals surface area contributed by atoms with E-state index in [1.807, 2.05) is 0 Å². The first kappa shape index (κ1) is 7.71. The summed E-state index contributed by atoms with van der Waals surface area (Å²) in [4.78, 5) is 6.64. The summed E-state index contributed by atoms with van der Waals surface area (Å²) in [5.41, 5.74) is 0. The van der Waals surface area contributed by atoms with E-state index >= 15 is 0 Å². The second-order valence-corrected chi connectivity index (χ2v) is 1.79. The number of hydrogen-bond donors (Lipinski definition) is 1. The van der Waals surface area contributed by atoms with Gasteiger partial charge in [-0.15, -0.1) is 0 Å². The van der Waals surface area contributed by atoms with Crippen molar-refractivity contribution < 1.29 is 14.2 Å². The van der Waals surface area contributed by atoms with Crippen molar-refractivity contribution in [2.75, 3.05) is 21.3 Å². The fourth-order valence-corrected chi connectivity index (χ4v) is 0.695. The summed E-state index contributed by atoms with van der Waals surface area (Å²) >= 11 is 0. The Morgan fingerprint density at radius 1 is 1.09 bits per heavy atom. The molecule has 5 heteroatoms. The highest BCUT2D eigenvalue weighted by atomic mass is 16.5. The van der Waals surface area contributed by atoms with Gasteiger partial charge in [0, 0.05) is 0 Å². The summed E-state index contributed by atoms with van der Waals surface area (Å²) in [7, 11) is 4.55. The molecule has 1 rings (SSSR count). The average Bonchev–Trinajstić information content (AvgIpc) is 2.46. The molecule has 1 aromatic heterocycles. The van der Waals surface area contributed by atoms with Crippen molar-refractivity contribution in [1.82, 2.24) is 9.97 Å². The van der Waals surface area contributed by atoms with Gasteiger partial charge in [0.05, 0.1) is 21.3 Å². The van der Waals surface area contributed by atoms with Gasteiger partial charge in [0.1, 0.15) is 0 Å². The minimum atomic E-state index is 0.374. The number of H-pyrrole nitrogens is 1. The number of imidazole rings is 1. The van der Waals surface area contributed by atoms with E-state index in [-0.39, 0.29) is 0 Å². The fraction of sp³-hybridized carbons (Fsp3) is 0.500. The Balaban J connectivity index is 2.92. The van der Waals surface area contributed by atoms with Crippen LogP contribution in [0.4, 0.5) is 0 Å². The van der Waals surface area contributed by atoms with E-state index in [1.165, 1.54) is 21.3 Å². The predicted octanol–water partition coefficient (Wildman–Crippen LogP) is 0.435. The van der Waals surface area contributed by atoms with Crippen molar-refractivity contribution in [1.29, 1.82) is 0 Å². The first-order chi connectivity index (χ1) is 5.31. The third-order valence-electron chi connectivity index (χ3n) is 1.21. The number of methoxy groups -OCH3 is 3. The van der Waals surface area contributed by atoms with Crippen LogP contribution in [0.5, 0.6) is 17.8 Å². The molecule has 0 aliphatic carbocycles. The van der Waals surface area contributed by atoms with Crippen molar-refractivity contribution in [3.8, 4) is 17.8 Å². The zero-order chi connectivity index (χ0) is 8.27. The molecule has 1 heterocycles. The topological polar surface area (TPSA) is 56.4 Å². The standard InChI is InChI=1S/C6H10N2O3/c1-9-4-5(10-2)8-6(7-4)11-3/h1-3H3,(H,7,8). The molecule has 0 saturated heterocycles. The second-order valence-electron chi connectivity index (χ2n) is 1.79. The molecule has 0 unspecified atom stereocenters. The summed E-state index contributed by atoms with van der Waals surface area (Å²) < 4.78 is 14.6. The second kappa shape index (κ2) is 3.14. The van der Waals surface area contributed by atoms with E-state index in [1.54, 1.807) is 0 Å². The van der Waals surface area contributed by atoms with Crippen LogP contribution in [0.2, 0.25) is 0 Å². The van der Waals surface area contributed by atoms with Crippen LogP contribution >= 0.6 is 0 Å². The lowest BCUT2D eigenvalue weighted by atomic mass is 10.8. The normalized spacial score (nSPS) is 9.36. The molecule has 0 fully saturated rings. The Bertz CT molecular complexity index is 212. The third-order valence-corrected chi connectivity index (χ3v) is 1.21. The van der Waals surface area contributed by atoms with Gasteiger partial charge in [-0.3, -0.25) is 4.98 Å². The third kappa shape index (κ3) is 1.36. The number of nitrogens with one attached hydrogen (secondary N) is 1. The molecule has 62 valence electrons. The molecule has 0 atom stereocenters. The number of aromatic nitrogens is 2. The van der Waals surface area contributed by atoms with E-state index in [2.05, 4.69) is 9.97 Å². The van der Waals surface area contributed by atoms with Crippen LogP contribution in [0, 0.1) is 0 Å². The van der Waals surface area contributed by atoms with Gasteiger partial charge in [0.15, 0.2) is 0 Å².